The molecule has 0 bridgehead atoms. The van der Waals surface area contributed by atoms with E-state index in [1.54, 1.807) is 12.1 Å². The van der Waals surface area contributed by atoms with E-state index in [-0.39, 0.29) is 23.3 Å². The zero-order valence-electron chi connectivity index (χ0n) is 17.4. The Balaban J connectivity index is 0.000000675. The van der Waals surface area contributed by atoms with Crippen molar-refractivity contribution in [2.45, 2.75) is 32.5 Å². The fraction of sp³-hybridized carbons (Fsp3) is 0.316. The van der Waals surface area contributed by atoms with Gasteiger partial charge in [0.1, 0.15) is 6.04 Å². The van der Waals surface area contributed by atoms with Crippen molar-refractivity contribution in [2.75, 3.05) is 0 Å². The van der Waals surface area contributed by atoms with Gasteiger partial charge in [0, 0.05) is 22.5 Å². The number of fused-ring (bicyclic) bond motifs is 1. The first-order chi connectivity index (χ1) is 15.1. The Bertz CT molecular complexity index is 1070. The second kappa shape index (κ2) is 11.3. The summed E-state index contributed by atoms with van der Waals surface area (Å²) >= 11 is 6.13. The van der Waals surface area contributed by atoms with E-state index in [4.69, 9.17) is 33.0 Å². The van der Waals surface area contributed by atoms with Crippen LogP contribution in [0.15, 0.2) is 29.4 Å². The largest absolute Gasteiger partial charge is 0.490 e. The van der Waals surface area contributed by atoms with Gasteiger partial charge in [0.15, 0.2) is 11.8 Å². The van der Waals surface area contributed by atoms with Gasteiger partial charge in [-0.2, -0.15) is 18.2 Å². The summed E-state index contributed by atoms with van der Waals surface area (Å²) in [6.45, 7) is 3.76. The number of carbonyl (C=O) groups is 3. The molecular weight excluding hydrogens is 471 g/mol. The Morgan fingerprint density at radius 3 is 2.21 bits per heavy atom. The summed E-state index contributed by atoms with van der Waals surface area (Å²) in [5.41, 5.74) is 11.1. The van der Waals surface area contributed by atoms with Crippen molar-refractivity contribution in [3.05, 3.63) is 35.0 Å². The molecule has 0 aliphatic heterocycles. The number of hydrogen-bond donors (Lipinski definition) is 5. The number of carboxylic acid groups (broad SMARTS) is 2. The van der Waals surface area contributed by atoms with Crippen molar-refractivity contribution in [3.8, 4) is 0 Å². The number of carbonyl (C=O) groups excluding carboxylic acids is 1. The molecule has 1 atom stereocenters. The molecule has 0 radical (unpaired) electrons. The van der Waals surface area contributed by atoms with Gasteiger partial charge in [0.2, 0.25) is 0 Å². The molecule has 1 aromatic heterocycles. The van der Waals surface area contributed by atoms with Crippen LogP contribution < -0.4 is 16.8 Å². The van der Waals surface area contributed by atoms with Crippen LogP contribution >= 0.6 is 11.6 Å². The first-order valence-corrected chi connectivity index (χ1v) is 9.53. The molecule has 33 heavy (non-hydrogen) atoms. The molecule has 0 saturated heterocycles. The molecule has 2 rings (SSSR count). The molecule has 14 heteroatoms. The minimum atomic E-state index is -5.08. The maximum absolute atomic E-state index is 12.5. The quantitative estimate of drug-likeness (QED) is 0.302. The summed E-state index contributed by atoms with van der Waals surface area (Å²) in [6, 6.07) is 3.74. The fourth-order valence-corrected chi connectivity index (χ4v) is 2.70. The number of rotatable bonds is 6. The van der Waals surface area contributed by atoms with E-state index in [0.29, 0.717) is 22.2 Å². The number of pyridine rings is 1. The molecule has 1 heterocycles. The van der Waals surface area contributed by atoms with Gasteiger partial charge in [-0.15, -0.1) is 0 Å². The smallest absolute Gasteiger partial charge is 0.480 e. The summed E-state index contributed by atoms with van der Waals surface area (Å²) in [6.07, 6.45) is -3.35. The number of nitrogens with one attached hydrogen (secondary N) is 1. The van der Waals surface area contributed by atoms with Crippen LogP contribution in [0, 0.1) is 5.92 Å². The van der Waals surface area contributed by atoms with Gasteiger partial charge in [-0.05, 0) is 24.5 Å². The number of hydrogen-bond acceptors (Lipinski definition) is 5. The third-order valence-corrected chi connectivity index (χ3v) is 4.17. The lowest BCUT2D eigenvalue weighted by Gasteiger charge is -2.16. The van der Waals surface area contributed by atoms with Gasteiger partial charge in [0.25, 0.3) is 5.91 Å². The molecule has 1 aromatic carbocycles. The number of benzene rings is 1. The van der Waals surface area contributed by atoms with Crippen LogP contribution in [0.4, 0.5) is 19.0 Å². The van der Waals surface area contributed by atoms with E-state index >= 15 is 0 Å². The summed E-state index contributed by atoms with van der Waals surface area (Å²) in [7, 11) is 0. The molecule has 0 aliphatic carbocycles. The zero-order valence-corrected chi connectivity index (χ0v) is 18.1. The summed E-state index contributed by atoms with van der Waals surface area (Å²) in [4.78, 5) is 40.7. The highest BCUT2D eigenvalue weighted by molar-refractivity contribution is 6.35. The molecule has 1 unspecified atom stereocenters. The Morgan fingerprint density at radius 2 is 1.76 bits per heavy atom. The number of amides is 1. The minimum Gasteiger partial charge on any atom is -0.480 e. The number of nitrogens with zero attached hydrogens (tertiary/aromatic N) is 2. The maximum atomic E-state index is 12.5. The minimum absolute atomic E-state index is 0.115. The third kappa shape index (κ3) is 8.44. The second-order valence-electron chi connectivity index (χ2n) is 7.02. The third-order valence-electron chi connectivity index (χ3n) is 3.87. The van der Waals surface area contributed by atoms with Gasteiger partial charge < -0.3 is 27.0 Å². The number of halogens is 4. The Labute approximate surface area is 190 Å². The van der Waals surface area contributed by atoms with E-state index in [0.717, 1.165) is 0 Å². The van der Waals surface area contributed by atoms with E-state index in [9.17, 15) is 27.9 Å². The van der Waals surface area contributed by atoms with Crippen molar-refractivity contribution < 1.29 is 37.8 Å². The van der Waals surface area contributed by atoms with Crippen LogP contribution in [-0.2, 0) is 9.59 Å². The number of aliphatic carboxylic acids is 2. The van der Waals surface area contributed by atoms with Crippen LogP contribution in [0.5, 0.6) is 0 Å². The molecular formula is C19H21ClF3N5O5. The summed E-state index contributed by atoms with van der Waals surface area (Å²) in [5, 5.41) is 20.4. The predicted molar refractivity (Wildman–Crippen MR) is 114 cm³/mol. The van der Waals surface area contributed by atoms with Crippen molar-refractivity contribution >= 4 is 52.0 Å². The molecule has 1 amide bonds. The molecule has 7 N–H and O–H groups in total. The molecule has 0 spiro atoms. The van der Waals surface area contributed by atoms with E-state index < -0.39 is 30.1 Å². The van der Waals surface area contributed by atoms with Gasteiger partial charge >= 0.3 is 18.1 Å². The number of carboxylic acids is 2. The lowest BCUT2D eigenvalue weighted by molar-refractivity contribution is -0.192. The van der Waals surface area contributed by atoms with Gasteiger partial charge in [-0.25, -0.2) is 14.6 Å². The first-order valence-electron chi connectivity index (χ1n) is 9.15. The Kier molecular flexibility index (Phi) is 9.40. The number of guanidine groups is 1. The van der Waals surface area contributed by atoms with Crippen LogP contribution in [-0.4, -0.2) is 51.2 Å². The van der Waals surface area contributed by atoms with E-state index in [1.165, 1.54) is 12.3 Å². The zero-order chi connectivity index (χ0) is 25.5. The summed E-state index contributed by atoms with van der Waals surface area (Å²) < 4.78 is 31.7. The predicted octanol–water partition coefficient (Wildman–Crippen LogP) is 2.66. The number of nitrogens with two attached hydrogens (primary N) is 2. The fourth-order valence-electron chi connectivity index (χ4n) is 2.48. The van der Waals surface area contributed by atoms with Crippen molar-refractivity contribution in [1.82, 2.24) is 10.3 Å². The van der Waals surface area contributed by atoms with Gasteiger partial charge in [-0.1, -0.05) is 31.5 Å². The normalized spacial score (nSPS) is 11.8. The van der Waals surface area contributed by atoms with Crippen molar-refractivity contribution in [2.24, 2.45) is 22.4 Å². The molecule has 2 aromatic rings. The molecule has 180 valence electrons. The van der Waals surface area contributed by atoms with E-state index in [2.05, 4.69) is 15.3 Å². The highest BCUT2D eigenvalue weighted by Gasteiger charge is 2.38. The monoisotopic (exact) mass is 491 g/mol. The maximum Gasteiger partial charge on any atom is 0.490 e. The van der Waals surface area contributed by atoms with Crippen LogP contribution in [0.1, 0.15) is 30.6 Å². The topological polar surface area (TPSA) is 181 Å². The second-order valence-corrected chi connectivity index (χ2v) is 7.43. The number of aromatic nitrogens is 1. The van der Waals surface area contributed by atoms with Gasteiger partial charge in [-0.3, -0.25) is 4.79 Å². The van der Waals surface area contributed by atoms with Crippen LogP contribution in [0.3, 0.4) is 0 Å². The Morgan fingerprint density at radius 1 is 1.18 bits per heavy atom. The average molecular weight is 492 g/mol. The van der Waals surface area contributed by atoms with Gasteiger partial charge in [0.05, 0.1) is 5.02 Å². The van der Waals surface area contributed by atoms with Crippen LogP contribution in [0.2, 0.25) is 5.02 Å². The lowest BCUT2D eigenvalue weighted by Crippen LogP contribution is -2.41. The highest BCUT2D eigenvalue weighted by Crippen LogP contribution is 2.30. The number of alkyl halides is 3. The van der Waals surface area contributed by atoms with Crippen molar-refractivity contribution in [3.63, 3.8) is 0 Å². The lowest BCUT2D eigenvalue weighted by atomic mass is 10.0. The number of aliphatic imine (C=N–C) groups is 1. The molecule has 0 aliphatic rings. The Hall–Kier alpha value is -3.61. The highest BCUT2D eigenvalue weighted by atomic mass is 35.5. The SMILES string of the molecule is CC(C)CC(NC(=O)c1ccc2c(Cl)cnc(N=C(N)N)c2c1)C(=O)O.O=C(O)C(F)(F)F. The standard InChI is InChI=1S/C17H20ClN5O3.C2HF3O2/c1-8(2)5-13(16(25)26)22-15(24)9-3-4-10-11(6-9)14(23-17(19)20)21-7-12(10)18;3-2(4,5)1(6)7/h3-4,6-8,13H,5H2,1-2H3,(H,22,24)(H,25,26)(H4,19,20,21,23);(H,6,7). The summed E-state index contributed by atoms with van der Waals surface area (Å²) in [5.74, 6) is -4.21. The molecule has 10 nitrogen and oxygen atoms in total. The molecule has 0 saturated carbocycles. The van der Waals surface area contributed by atoms with Crippen LogP contribution in [0.25, 0.3) is 10.8 Å². The first kappa shape index (κ1) is 27.4. The molecule has 0 fully saturated rings. The average Bonchev–Trinajstić information content (AvgIpc) is 2.68. The van der Waals surface area contributed by atoms with E-state index in [1.807, 2.05) is 13.8 Å². The van der Waals surface area contributed by atoms with Crippen molar-refractivity contribution in [1.29, 1.82) is 0 Å².